The number of hydrogen-bond acceptors (Lipinski definition) is 5. The number of hydrogen-bond donors (Lipinski definition) is 1. The Labute approximate surface area is 166 Å². The van der Waals surface area contributed by atoms with Crippen LogP contribution in [0, 0.1) is 0 Å². The first-order valence-corrected chi connectivity index (χ1v) is 8.90. The van der Waals surface area contributed by atoms with E-state index in [0.29, 0.717) is 17.2 Å². The summed E-state index contributed by atoms with van der Waals surface area (Å²) in [6.07, 6.45) is 2.35. The molecule has 6 nitrogen and oxygen atoms in total. The van der Waals surface area contributed by atoms with Gasteiger partial charge in [-0.25, -0.2) is 0 Å². The molecule has 0 aliphatic heterocycles. The minimum atomic E-state index is -0.773. The van der Waals surface area contributed by atoms with E-state index >= 15 is 0 Å². The van der Waals surface area contributed by atoms with E-state index in [1.54, 1.807) is 25.3 Å². The van der Waals surface area contributed by atoms with Crippen LogP contribution >= 0.6 is 0 Å². The molecule has 0 saturated heterocycles. The van der Waals surface area contributed by atoms with Gasteiger partial charge in [-0.2, -0.15) is 0 Å². The number of carbonyl (C=O) groups is 1. The summed E-state index contributed by atoms with van der Waals surface area (Å²) in [6, 6.07) is 12.4. The van der Waals surface area contributed by atoms with Crippen molar-refractivity contribution in [3.63, 3.8) is 0 Å². The largest absolute Gasteiger partial charge is 0.493 e. The lowest BCUT2D eigenvalue weighted by Gasteiger charge is -2.28. The molecule has 0 saturated carbocycles. The maximum Gasteiger partial charge on any atom is 0.246 e. The molecule has 0 radical (unpaired) electrons. The summed E-state index contributed by atoms with van der Waals surface area (Å²) in [7, 11) is 6.28. The Morgan fingerprint density at radius 3 is 2.11 bits per heavy atom. The fourth-order valence-corrected chi connectivity index (χ4v) is 2.82. The summed E-state index contributed by atoms with van der Waals surface area (Å²) in [6.45, 7) is 1.81. The second-order valence-corrected chi connectivity index (χ2v) is 6.34. The van der Waals surface area contributed by atoms with E-state index in [1.165, 1.54) is 32.3 Å². The van der Waals surface area contributed by atoms with Crippen LogP contribution in [-0.4, -0.2) is 50.3 Å². The highest BCUT2D eigenvalue weighted by Gasteiger charge is 2.22. The molecule has 0 bridgehead atoms. The number of carbonyl (C=O) groups excluding carboxylic acids is 1. The SMILES string of the molecule is COc1cc(/C=C/C(=O)N(C)[C@@H](C)[C@H](O)c2ccccc2)cc(OC)c1OC. The number of aliphatic hydroxyl groups is 1. The van der Waals surface area contributed by atoms with Gasteiger partial charge in [-0.15, -0.1) is 0 Å². The first-order chi connectivity index (χ1) is 13.4. The van der Waals surface area contributed by atoms with Crippen molar-refractivity contribution in [3.8, 4) is 17.2 Å². The van der Waals surface area contributed by atoms with Gasteiger partial charge in [-0.3, -0.25) is 4.79 Å². The van der Waals surface area contributed by atoms with E-state index in [9.17, 15) is 9.90 Å². The van der Waals surface area contributed by atoms with E-state index in [-0.39, 0.29) is 11.9 Å². The quantitative estimate of drug-likeness (QED) is 0.706. The summed E-state index contributed by atoms with van der Waals surface area (Å²) in [5, 5.41) is 10.5. The van der Waals surface area contributed by atoms with E-state index in [4.69, 9.17) is 14.2 Å². The van der Waals surface area contributed by atoms with Crippen LogP contribution in [0.25, 0.3) is 6.08 Å². The minimum absolute atomic E-state index is 0.226. The maximum atomic E-state index is 12.6. The molecule has 2 rings (SSSR count). The summed E-state index contributed by atoms with van der Waals surface area (Å²) in [5.41, 5.74) is 1.50. The van der Waals surface area contributed by atoms with Crippen LogP contribution in [-0.2, 0) is 4.79 Å². The molecule has 0 heterocycles. The Hall–Kier alpha value is -2.99. The highest BCUT2D eigenvalue weighted by molar-refractivity contribution is 5.92. The zero-order chi connectivity index (χ0) is 20.7. The lowest BCUT2D eigenvalue weighted by atomic mass is 10.0. The van der Waals surface area contributed by atoms with Crippen molar-refractivity contribution < 1.29 is 24.1 Å². The first kappa shape index (κ1) is 21.3. The van der Waals surface area contributed by atoms with Gasteiger partial charge >= 0.3 is 0 Å². The lowest BCUT2D eigenvalue weighted by molar-refractivity contribution is -0.128. The normalized spacial score (nSPS) is 13.1. The van der Waals surface area contributed by atoms with Crippen LogP contribution in [0.15, 0.2) is 48.5 Å². The van der Waals surface area contributed by atoms with Gasteiger partial charge in [0.1, 0.15) is 0 Å². The number of nitrogens with zero attached hydrogens (tertiary/aromatic N) is 1. The molecule has 2 atom stereocenters. The molecular formula is C22H27NO5. The number of likely N-dealkylation sites (N-methyl/N-ethyl adjacent to an activating group) is 1. The average molecular weight is 385 g/mol. The van der Waals surface area contributed by atoms with Crippen molar-refractivity contribution in [2.75, 3.05) is 28.4 Å². The average Bonchev–Trinajstić information content (AvgIpc) is 2.75. The Morgan fingerprint density at radius 2 is 1.61 bits per heavy atom. The van der Waals surface area contributed by atoms with Crippen LogP contribution in [0.4, 0.5) is 0 Å². The molecule has 0 aliphatic carbocycles. The van der Waals surface area contributed by atoms with Crippen molar-refractivity contribution >= 4 is 12.0 Å². The molecule has 1 amide bonds. The van der Waals surface area contributed by atoms with Gasteiger partial charge in [0.05, 0.1) is 33.5 Å². The van der Waals surface area contributed by atoms with Crippen molar-refractivity contribution in [1.29, 1.82) is 0 Å². The van der Waals surface area contributed by atoms with Crippen LogP contribution in [0.5, 0.6) is 17.2 Å². The first-order valence-electron chi connectivity index (χ1n) is 8.90. The zero-order valence-corrected chi connectivity index (χ0v) is 16.9. The molecule has 0 fully saturated rings. The molecule has 150 valence electrons. The van der Waals surface area contributed by atoms with Gasteiger partial charge in [-0.1, -0.05) is 30.3 Å². The molecule has 0 aromatic heterocycles. The molecule has 0 spiro atoms. The number of amides is 1. The van der Waals surface area contributed by atoms with E-state index in [0.717, 1.165) is 11.1 Å². The van der Waals surface area contributed by atoms with Crippen molar-refractivity contribution in [1.82, 2.24) is 4.90 Å². The molecule has 6 heteroatoms. The fourth-order valence-electron chi connectivity index (χ4n) is 2.82. The van der Waals surface area contributed by atoms with Gasteiger partial charge < -0.3 is 24.2 Å². The number of benzene rings is 2. The molecule has 2 aromatic rings. The predicted molar refractivity (Wildman–Crippen MR) is 109 cm³/mol. The molecular weight excluding hydrogens is 358 g/mol. The third-order valence-electron chi connectivity index (χ3n) is 4.66. The van der Waals surface area contributed by atoms with Crippen LogP contribution in [0.1, 0.15) is 24.2 Å². The zero-order valence-electron chi connectivity index (χ0n) is 16.9. The minimum Gasteiger partial charge on any atom is -0.493 e. The van der Waals surface area contributed by atoms with Crippen molar-refractivity contribution in [2.24, 2.45) is 0 Å². The second kappa shape index (κ2) is 9.80. The smallest absolute Gasteiger partial charge is 0.246 e. The van der Waals surface area contributed by atoms with Crippen LogP contribution in [0.3, 0.4) is 0 Å². The second-order valence-electron chi connectivity index (χ2n) is 6.34. The Bertz CT molecular complexity index is 794. The standard InChI is InChI=1S/C22H27NO5/c1-15(21(25)17-9-7-6-8-10-17)23(2)20(24)12-11-16-13-18(26-3)22(28-5)19(14-16)27-4/h6-15,21,25H,1-5H3/b12-11+/t15-,21-/m0/s1. The predicted octanol–water partition coefficient (Wildman–Crippen LogP) is 3.31. The summed E-state index contributed by atoms with van der Waals surface area (Å²) in [4.78, 5) is 14.1. The Kier molecular flexibility index (Phi) is 7.46. The van der Waals surface area contributed by atoms with Gasteiger partial charge in [-0.05, 0) is 36.3 Å². The Balaban J connectivity index is 2.16. The van der Waals surface area contributed by atoms with Crippen molar-refractivity contribution in [3.05, 3.63) is 59.7 Å². The summed E-state index contributed by atoms with van der Waals surface area (Å²) >= 11 is 0. The van der Waals surface area contributed by atoms with Crippen molar-refractivity contribution in [2.45, 2.75) is 19.1 Å². The van der Waals surface area contributed by atoms with E-state index < -0.39 is 6.10 Å². The summed E-state index contributed by atoms with van der Waals surface area (Å²) in [5.74, 6) is 1.28. The van der Waals surface area contributed by atoms with Gasteiger partial charge in [0.15, 0.2) is 11.5 Å². The number of ether oxygens (including phenoxy) is 3. The molecule has 0 unspecified atom stereocenters. The monoisotopic (exact) mass is 385 g/mol. The van der Waals surface area contributed by atoms with Gasteiger partial charge in [0.2, 0.25) is 11.7 Å². The van der Waals surface area contributed by atoms with Gasteiger partial charge in [0.25, 0.3) is 0 Å². The third-order valence-corrected chi connectivity index (χ3v) is 4.66. The number of rotatable bonds is 8. The van der Waals surface area contributed by atoms with Crippen LogP contribution < -0.4 is 14.2 Å². The third kappa shape index (κ3) is 4.84. The lowest BCUT2D eigenvalue weighted by Crippen LogP contribution is -2.38. The summed E-state index contributed by atoms with van der Waals surface area (Å²) < 4.78 is 15.9. The molecule has 2 aromatic carbocycles. The van der Waals surface area contributed by atoms with E-state index in [1.807, 2.05) is 37.3 Å². The fraction of sp³-hybridized carbons (Fsp3) is 0.318. The Morgan fingerprint density at radius 1 is 1.04 bits per heavy atom. The highest BCUT2D eigenvalue weighted by atomic mass is 16.5. The van der Waals surface area contributed by atoms with Gasteiger partial charge in [0, 0.05) is 13.1 Å². The van der Waals surface area contributed by atoms with E-state index in [2.05, 4.69) is 0 Å². The number of aliphatic hydroxyl groups excluding tert-OH is 1. The maximum absolute atomic E-state index is 12.6. The molecule has 28 heavy (non-hydrogen) atoms. The molecule has 1 N–H and O–H groups in total. The molecule has 0 aliphatic rings. The van der Waals surface area contributed by atoms with Crippen LogP contribution in [0.2, 0.25) is 0 Å². The topological polar surface area (TPSA) is 68.2 Å². The number of methoxy groups -OCH3 is 3. The highest BCUT2D eigenvalue weighted by Crippen LogP contribution is 2.38.